The zero-order valence-corrected chi connectivity index (χ0v) is 8.82. The molecule has 1 rings (SSSR count). The lowest BCUT2D eigenvalue weighted by molar-refractivity contribution is 0.199. The van der Waals surface area contributed by atoms with Crippen molar-refractivity contribution in [3.05, 3.63) is 0 Å². The van der Waals surface area contributed by atoms with E-state index in [0.717, 1.165) is 18.2 Å². The van der Waals surface area contributed by atoms with Crippen LogP contribution < -0.4 is 0 Å². The minimum absolute atomic E-state index is 0.778. The molecule has 72 valence electrons. The lowest BCUT2D eigenvalue weighted by atomic mass is 10.1. The van der Waals surface area contributed by atoms with Gasteiger partial charge in [-0.3, -0.25) is 0 Å². The Balaban J connectivity index is 2.11. The second kappa shape index (κ2) is 5.82. The average molecular weight is 190 g/mol. The molecule has 0 radical (unpaired) electrons. The molecule has 1 aliphatic rings. The molecule has 1 nitrogen and oxygen atoms in total. The van der Waals surface area contributed by atoms with Gasteiger partial charge in [-0.2, -0.15) is 0 Å². The maximum absolute atomic E-state index is 5.70. The second-order valence-electron chi connectivity index (χ2n) is 3.94. The number of hydrogen-bond donors (Lipinski definition) is 0. The van der Waals surface area contributed by atoms with Crippen molar-refractivity contribution in [1.29, 1.82) is 0 Å². The summed E-state index contributed by atoms with van der Waals surface area (Å²) in [6.07, 6.45) is 5.39. The molecule has 0 spiro atoms. The van der Waals surface area contributed by atoms with Crippen LogP contribution in [0.1, 0.15) is 32.6 Å². The largest absolute Gasteiger partial charge is 0.303 e. The van der Waals surface area contributed by atoms with E-state index in [0.29, 0.717) is 0 Å². The molecule has 0 saturated carbocycles. The summed E-state index contributed by atoms with van der Waals surface area (Å²) in [5.74, 6) is 1.59. The molecule has 12 heavy (non-hydrogen) atoms. The fourth-order valence-electron chi connectivity index (χ4n) is 1.86. The van der Waals surface area contributed by atoms with Crippen molar-refractivity contribution < 1.29 is 0 Å². The van der Waals surface area contributed by atoms with E-state index in [9.17, 15) is 0 Å². The smallest absolute Gasteiger partial charge is 0.0226 e. The lowest BCUT2D eigenvalue weighted by Crippen LogP contribution is -2.33. The first-order valence-electron chi connectivity index (χ1n) is 5.11. The monoisotopic (exact) mass is 189 g/mol. The zero-order valence-electron chi connectivity index (χ0n) is 8.06. The first kappa shape index (κ1) is 10.3. The maximum atomic E-state index is 5.70. The third kappa shape index (κ3) is 3.77. The fraction of sp³-hybridized carbons (Fsp3) is 1.00. The molecule has 0 aliphatic carbocycles. The summed E-state index contributed by atoms with van der Waals surface area (Å²) in [6, 6.07) is 0. The number of nitrogens with zero attached hydrogens (tertiary/aromatic N) is 1. The number of rotatable bonds is 4. The molecule has 1 fully saturated rings. The van der Waals surface area contributed by atoms with Crippen LogP contribution in [0.3, 0.4) is 0 Å². The maximum Gasteiger partial charge on any atom is 0.0226 e. The van der Waals surface area contributed by atoms with E-state index < -0.39 is 0 Å². The summed E-state index contributed by atoms with van der Waals surface area (Å²) < 4.78 is 0. The number of halogens is 1. The number of hydrogen-bond acceptors (Lipinski definition) is 1. The van der Waals surface area contributed by atoms with Crippen molar-refractivity contribution in [2.24, 2.45) is 5.92 Å². The number of piperidine rings is 1. The summed E-state index contributed by atoms with van der Waals surface area (Å²) in [4.78, 5) is 2.58. The van der Waals surface area contributed by atoms with Gasteiger partial charge < -0.3 is 4.90 Å². The van der Waals surface area contributed by atoms with E-state index in [4.69, 9.17) is 11.6 Å². The molecule has 1 aliphatic heterocycles. The van der Waals surface area contributed by atoms with Gasteiger partial charge in [-0.15, -0.1) is 11.6 Å². The highest BCUT2D eigenvalue weighted by molar-refractivity contribution is 6.17. The van der Waals surface area contributed by atoms with Crippen molar-refractivity contribution in [3.63, 3.8) is 0 Å². The number of likely N-dealkylation sites (tertiary alicyclic amines) is 1. The van der Waals surface area contributed by atoms with Gasteiger partial charge in [0.25, 0.3) is 0 Å². The SMILES string of the molecule is CC(CCCl)CN1CCCCC1. The molecule has 1 heterocycles. The zero-order chi connectivity index (χ0) is 8.81. The van der Waals surface area contributed by atoms with Crippen molar-refractivity contribution >= 4 is 11.6 Å². The molecular formula is C10H20ClN. The van der Waals surface area contributed by atoms with Crippen molar-refractivity contribution in [2.75, 3.05) is 25.5 Å². The van der Waals surface area contributed by atoms with Crippen LogP contribution in [-0.4, -0.2) is 30.4 Å². The molecule has 0 bridgehead atoms. The fourth-order valence-corrected chi connectivity index (χ4v) is 2.23. The Morgan fingerprint density at radius 2 is 1.92 bits per heavy atom. The Bertz CT molecular complexity index is 110. The lowest BCUT2D eigenvalue weighted by Gasteiger charge is -2.28. The number of alkyl halides is 1. The molecule has 1 atom stereocenters. The minimum atomic E-state index is 0.778. The molecule has 0 aromatic heterocycles. The normalized spacial score (nSPS) is 22.5. The Kier molecular flexibility index (Phi) is 5.01. The molecule has 1 unspecified atom stereocenters. The summed E-state index contributed by atoms with van der Waals surface area (Å²) >= 11 is 5.70. The van der Waals surface area contributed by atoms with Gasteiger partial charge >= 0.3 is 0 Å². The van der Waals surface area contributed by atoms with Crippen molar-refractivity contribution in [2.45, 2.75) is 32.6 Å². The van der Waals surface area contributed by atoms with Gasteiger partial charge in [0.15, 0.2) is 0 Å². The third-order valence-corrected chi connectivity index (χ3v) is 2.84. The van der Waals surface area contributed by atoms with Crippen LogP contribution >= 0.6 is 11.6 Å². The standard InChI is InChI=1S/C10H20ClN/c1-10(5-6-11)9-12-7-3-2-4-8-12/h10H,2-9H2,1H3. The van der Waals surface area contributed by atoms with Crippen LogP contribution in [0.2, 0.25) is 0 Å². The third-order valence-electron chi connectivity index (χ3n) is 2.62. The highest BCUT2D eigenvalue weighted by atomic mass is 35.5. The van der Waals surface area contributed by atoms with Gasteiger partial charge in [-0.05, 0) is 38.3 Å². The Labute approximate surface area is 81.1 Å². The summed E-state index contributed by atoms with van der Waals surface area (Å²) in [7, 11) is 0. The molecular weight excluding hydrogens is 170 g/mol. The van der Waals surface area contributed by atoms with Crippen LogP contribution in [-0.2, 0) is 0 Å². The predicted octanol–water partition coefficient (Wildman–Crippen LogP) is 2.74. The van der Waals surface area contributed by atoms with Crippen LogP contribution in [0.25, 0.3) is 0 Å². The first-order chi connectivity index (χ1) is 5.83. The molecule has 1 saturated heterocycles. The summed E-state index contributed by atoms with van der Waals surface area (Å²) in [5, 5.41) is 0. The molecule has 0 aromatic carbocycles. The highest BCUT2D eigenvalue weighted by Gasteiger charge is 2.12. The topological polar surface area (TPSA) is 3.24 Å². The summed E-state index contributed by atoms with van der Waals surface area (Å²) in [6.45, 7) is 6.18. The van der Waals surface area contributed by atoms with E-state index in [1.54, 1.807) is 0 Å². The Morgan fingerprint density at radius 3 is 2.50 bits per heavy atom. The van der Waals surface area contributed by atoms with E-state index in [2.05, 4.69) is 11.8 Å². The average Bonchev–Trinajstić information content (AvgIpc) is 2.06. The van der Waals surface area contributed by atoms with Crippen LogP contribution in [0.4, 0.5) is 0 Å². The minimum Gasteiger partial charge on any atom is -0.303 e. The Hall–Kier alpha value is 0.250. The van der Waals surface area contributed by atoms with E-state index >= 15 is 0 Å². The van der Waals surface area contributed by atoms with Gasteiger partial charge in [-0.1, -0.05) is 13.3 Å². The molecule has 0 amide bonds. The van der Waals surface area contributed by atoms with E-state index in [-0.39, 0.29) is 0 Å². The van der Waals surface area contributed by atoms with E-state index in [1.807, 2.05) is 0 Å². The van der Waals surface area contributed by atoms with Gasteiger partial charge in [-0.25, -0.2) is 0 Å². The van der Waals surface area contributed by atoms with Crippen LogP contribution in [0.15, 0.2) is 0 Å². The van der Waals surface area contributed by atoms with Crippen molar-refractivity contribution in [3.8, 4) is 0 Å². The van der Waals surface area contributed by atoms with Crippen LogP contribution in [0.5, 0.6) is 0 Å². The van der Waals surface area contributed by atoms with Gasteiger partial charge in [0.1, 0.15) is 0 Å². The molecule has 0 N–H and O–H groups in total. The quantitative estimate of drug-likeness (QED) is 0.615. The highest BCUT2D eigenvalue weighted by Crippen LogP contribution is 2.12. The van der Waals surface area contributed by atoms with Crippen LogP contribution in [0, 0.1) is 5.92 Å². The van der Waals surface area contributed by atoms with E-state index in [1.165, 1.54) is 38.9 Å². The first-order valence-corrected chi connectivity index (χ1v) is 5.64. The van der Waals surface area contributed by atoms with Crippen molar-refractivity contribution in [1.82, 2.24) is 4.90 Å². The second-order valence-corrected chi connectivity index (χ2v) is 4.32. The van der Waals surface area contributed by atoms with Gasteiger partial charge in [0.05, 0.1) is 0 Å². The molecule has 2 heteroatoms. The van der Waals surface area contributed by atoms with Gasteiger partial charge in [0, 0.05) is 12.4 Å². The van der Waals surface area contributed by atoms with Gasteiger partial charge in [0.2, 0.25) is 0 Å². The Morgan fingerprint density at radius 1 is 1.25 bits per heavy atom. The summed E-state index contributed by atoms with van der Waals surface area (Å²) in [5.41, 5.74) is 0. The molecule has 0 aromatic rings. The predicted molar refractivity (Wildman–Crippen MR) is 54.8 cm³/mol.